The first kappa shape index (κ1) is 10.5. The van der Waals surface area contributed by atoms with E-state index in [1.54, 1.807) is 19.2 Å². The van der Waals surface area contributed by atoms with Gasteiger partial charge in [-0.3, -0.25) is 5.10 Å². The summed E-state index contributed by atoms with van der Waals surface area (Å²) in [6.07, 6.45) is 0. The SMILES string of the molecule is Cn1nc(-c2cccc(F)n2)[nH]1.[U]. The summed E-state index contributed by atoms with van der Waals surface area (Å²) in [5, 5.41) is 6.78. The van der Waals surface area contributed by atoms with Gasteiger partial charge in [0.15, 0.2) is 5.82 Å². The Bertz CT molecular complexity index is 383. The molecule has 0 aromatic carbocycles. The molecule has 0 aliphatic heterocycles. The van der Waals surface area contributed by atoms with Crippen LogP contribution < -0.4 is 0 Å². The molecule has 2 heterocycles. The number of nitrogens with zero attached hydrogens (tertiary/aromatic N) is 3. The van der Waals surface area contributed by atoms with Crippen molar-refractivity contribution in [2.45, 2.75) is 0 Å². The summed E-state index contributed by atoms with van der Waals surface area (Å²) in [5.41, 5.74) is 0.521. The fourth-order valence-electron chi connectivity index (χ4n) is 0.955. The monoisotopic (exact) mass is 404 g/mol. The van der Waals surface area contributed by atoms with Crippen LogP contribution in [0.25, 0.3) is 11.5 Å². The minimum atomic E-state index is -0.494. The number of nitrogens with one attached hydrogen (secondary N) is 1. The Hall–Kier alpha value is -0.598. The molecule has 0 fully saturated rings. The zero-order valence-electron chi connectivity index (χ0n) is 6.95. The summed E-state index contributed by atoms with van der Waals surface area (Å²) in [7, 11) is 1.75. The molecule has 4 nitrogen and oxygen atoms in total. The molecule has 0 atom stereocenters. The fourth-order valence-corrected chi connectivity index (χ4v) is 0.955. The molecule has 2 rings (SSSR count). The van der Waals surface area contributed by atoms with Gasteiger partial charge in [-0.15, -0.1) is 5.10 Å². The van der Waals surface area contributed by atoms with Crippen molar-refractivity contribution in [2.24, 2.45) is 7.05 Å². The Kier molecular flexibility index (Phi) is 3.29. The number of rotatable bonds is 1. The smallest absolute Gasteiger partial charge is 0.213 e. The summed E-state index contributed by atoms with van der Waals surface area (Å²) in [4.78, 5) is 5.17. The summed E-state index contributed by atoms with van der Waals surface area (Å²) in [6.45, 7) is 0. The molecule has 2 aromatic heterocycles. The van der Waals surface area contributed by atoms with Crippen LogP contribution in [-0.4, -0.2) is 20.0 Å². The summed E-state index contributed by atoms with van der Waals surface area (Å²) < 4.78 is 12.6. The van der Waals surface area contributed by atoms with Crippen molar-refractivity contribution in [3.63, 3.8) is 0 Å². The number of pyridine rings is 1. The van der Waals surface area contributed by atoms with Gasteiger partial charge >= 0.3 is 0 Å². The Morgan fingerprint density at radius 1 is 1.46 bits per heavy atom. The normalized spacial score (nSPS) is 9.69. The topological polar surface area (TPSA) is 46.5 Å². The van der Waals surface area contributed by atoms with Crippen molar-refractivity contribution in [3.05, 3.63) is 24.1 Å². The van der Waals surface area contributed by atoms with Crippen molar-refractivity contribution >= 4 is 0 Å². The predicted molar refractivity (Wildman–Crippen MR) is 40.7 cm³/mol. The predicted octanol–water partition coefficient (Wildman–Crippen LogP) is 0.949. The zero-order valence-corrected chi connectivity index (χ0v) is 11.1. The molecule has 2 aromatic rings. The third-order valence-electron chi connectivity index (χ3n) is 1.48. The van der Waals surface area contributed by atoms with E-state index in [4.69, 9.17) is 0 Å². The first-order valence-corrected chi connectivity index (χ1v) is 3.47. The first-order valence-electron chi connectivity index (χ1n) is 3.47. The van der Waals surface area contributed by atoms with E-state index in [-0.39, 0.29) is 31.1 Å². The van der Waals surface area contributed by atoms with E-state index in [0.717, 1.165) is 0 Å². The van der Waals surface area contributed by atoms with E-state index < -0.39 is 5.95 Å². The number of hydrogen-bond acceptors (Lipinski definition) is 2. The van der Waals surface area contributed by atoms with Gasteiger partial charge in [0, 0.05) is 38.2 Å². The van der Waals surface area contributed by atoms with Crippen LogP contribution in [0.2, 0.25) is 0 Å². The maximum atomic E-state index is 12.6. The van der Waals surface area contributed by atoms with Crippen LogP contribution in [0.3, 0.4) is 0 Å². The van der Waals surface area contributed by atoms with E-state index in [2.05, 4.69) is 15.2 Å². The number of aromatic nitrogens is 4. The second-order valence-corrected chi connectivity index (χ2v) is 2.43. The second kappa shape index (κ2) is 4.07. The largest absolute Gasteiger partial charge is 0.262 e. The van der Waals surface area contributed by atoms with Gasteiger partial charge in [-0.05, 0) is 12.1 Å². The van der Waals surface area contributed by atoms with Gasteiger partial charge in [0.1, 0.15) is 5.69 Å². The number of H-pyrrole nitrogens is 1. The summed E-state index contributed by atoms with van der Waals surface area (Å²) >= 11 is 0. The zero-order chi connectivity index (χ0) is 8.55. The van der Waals surface area contributed by atoms with Crippen LogP contribution in [0.4, 0.5) is 4.39 Å². The third kappa shape index (κ3) is 2.20. The van der Waals surface area contributed by atoms with E-state index >= 15 is 0 Å². The van der Waals surface area contributed by atoms with Gasteiger partial charge < -0.3 is 0 Å². The van der Waals surface area contributed by atoms with Crippen molar-refractivity contribution in [1.82, 2.24) is 20.0 Å². The molecule has 6 heteroatoms. The Morgan fingerprint density at radius 2 is 2.15 bits per heavy atom. The minimum absolute atomic E-state index is 0. The maximum absolute atomic E-state index is 12.6. The first-order chi connectivity index (χ1) is 5.75. The molecule has 0 unspecified atom stereocenters. The molecule has 0 spiro atoms. The molecule has 0 amide bonds. The van der Waals surface area contributed by atoms with Crippen molar-refractivity contribution in [1.29, 1.82) is 0 Å². The van der Waals surface area contributed by atoms with Crippen LogP contribution in [0, 0.1) is 37.1 Å². The van der Waals surface area contributed by atoms with Crippen LogP contribution >= 0.6 is 0 Å². The molecule has 13 heavy (non-hydrogen) atoms. The molecule has 0 aliphatic carbocycles. The van der Waals surface area contributed by atoms with E-state index in [1.165, 1.54) is 10.9 Å². The van der Waals surface area contributed by atoms with E-state index in [0.29, 0.717) is 11.5 Å². The third-order valence-corrected chi connectivity index (χ3v) is 1.48. The quantitative estimate of drug-likeness (QED) is 0.720. The van der Waals surface area contributed by atoms with Gasteiger partial charge in [0.05, 0.1) is 0 Å². The van der Waals surface area contributed by atoms with Crippen LogP contribution in [0.15, 0.2) is 18.2 Å². The number of aromatic amines is 1. The Morgan fingerprint density at radius 3 is 2.69 bits per heavy atom. The number of aryl methyl sites for hydroxylation is 1. The molecule has 0 radical (unpaired) electrons. The van der Waals surface area contributed by atoms with Crippen LogP contribution in [0.5, 0.6) is 0 Å². The summed E-state index contributed by atoms with van der Waals surface area (Å²) in [6, 6.07) is 4.59. The number of hydrogen-bond donors (Lipinski definition) is 1. The fraction of sp³-hybridized carbons (Fsp3) is 0.143. The average molecular weight is 404 g/mol. The molecule has 0 saturated carbocycles. The average Bonchev–Trinajstić information content (AvgIpc) is 1.99. The molecule has 66 valence electrons. The molecule has 0 saturated heterocycles. The number of halogens is 1. The van der Waals surface area contributed by atoms with Gasteiger partial charge in [-0.25, -0.2) is 9.78 Å². The van der Waals surface area contributed by atoms with E-state index in [9.17, 15) is 4.39 Å². The van der Waals surface area contributed by atoms with E-state index in [1.807, 2.05) is 0 Å². The van der Waals surface area contributed by atoms with Gasteiger partial charge in [0.2, 0.25) is 5.95 Å². The van der Waals surface area contributed by atoms with Crippen LogP contribution in [-0.2, 0) is 7.05 Å². The summed E-state index contributed by atoms with van der Waals surface area (Å²) in [5.74, 6) is 0.101. The van der Waals surface area contributed by atoms with Gasteiger partial charge in [-0.1, -0.05) is 6.07 Å². The maximum Gasteiger partial charge on any atom is 0.213 e. The molecule has 0 bridgehead atoms. The van der Waals surface area contributed by atoms with Crippen molar-refractivity contribution < 1.29 is 35.5 Å². The Balaban J connectivity index is 0.000000845. The molecule has 1 N–H and O–H groups in total. The molecule has 0 aliphatic rings. The Labute approximate surface area is 97.9 Å². The van der Waals surface area contributed by atoms with Gasteiger partial charge in [-0.2, -0.15) is 4.39 Å². The van der Waals surface area contributed by atoms with Crippen molar-refractivity contribution in [3.8, 4) is 11.5 Å². The van der Waals surface area contributed by atoms with Gasteiger partial charge in [0.25, 0.3) is 0 Å². The van der Waals surface area contributed by atoms with Crippen LogP contribution in [0.1, 0.15) is 0 Å². The molecular weight excluding hydrogens is 397 g/mol. The molecular formula is C7H7FN4U. The standard InChI is InChI=1S/C7H7FN4.U/c1-12-10-7(11-12)5-3-2-4-6(8)9-5;/h2-4H,1H3,(H,10,11);. The second-order valence-electron chi connectivity index (χ2n) is 2.43. The minimum Gasteiger partial charge on any atom is -0.262 e. The van der Waals surface area contributed by atoms with Crippen molar-refractivity contribution in [2.75, 3.05) is 0 Å².